The normalized spacial score (nSPS) is 16.9. The molecule has 1 saturated heterocycles. The molecule has 178 valence electrons. The van der Waals surface area contributed by atoms with Gasteiger partial charge in [-0.1, -0.05) is 12.1 Å². The van der Waals surface area contributed by atoms with Crippen LogP contribution in [0.4, 0.5) is 4.39 Å². The van der Waals surface area contributed by atoms with E-state index in [1.54, 1.807) is 30.5 Å². The Morgan fingerprint density at radius 2 is 1.97 bits per heavy atom. The minimum atomic E-state index is -0.409. The number of carbonyl (C=O) groups is 3. The van der Waals surface area contributed by atoms with Crippen LogP contribution in [0.2, 0.25) is 0 Å². The number of amides is 3. The van der Waals surface area contributed by atoms with Gasteiger partial charge in [-0.3, -0.25) is 19.3 Å². The highest BCUT2D eigenvalue weighted by molar-refractivity contribution is 6.22. The Kier molecular flexibility index (Phi) is 6.24. The SMILES string of the molecule is O=C(NCc1ccc(Oc2cccc(F)c2)nc1)c1ccc2c(c1)C(=O)N(CC1CCCO1)C2=O. The highest BCUT2D eigenvalue weighted by Gasteiger charge is 2.37. The van der Waals surface area contributed by atoms with Crippen LogP contribution in [0.25, 0.3) is 0 Å². The fourth-order valence-electron chi connectivity index (χ4n) is 4.10. The van der Waals surface area contributed by atoms with Gasteiger partial charge in [-0.05, 0) is 48.7 Å². The molecule has 3 heterocycles. The zero-order valence-electron chi connectivity index (χ0n) is 18.7. The molecule has 2 aliphatic rings. The van der Waals surface area contributed by atoms with Crippen molar-refractivity contribution in [2.45, 2.75) is 25.5 Å². The number of carbonyl (C=O) groups excluding carboxylic acids is 3. The van der Waals surface area contributed by atoms with Gasteiger partial charge in [0.1, 0.15) is 11.6 Å². The fraction of sp³-hybridized carbons (Fsp3) is 0.231. The maximum atomic E-state index is 13.3. The number of pyridine rings is 1. The van der Waals surface area contributed by atoms with Gasteiger partial charge in [-0.15, -0.1) is 0 Å². The molecule has 8 nitrogen and oxygen atoms in total. The zero-order valence-corrected chi connectivity index (χ0v) is 18.7. The molecule has 0 radical (unpaired) electrons. The molecule has 1 unspecified atom stereocenters. The van der Waals surface area contributed by atoms with Crippen LogP contribution in [0, 0.1) is 5.82 Å². The Hall–Kier alpha value is -4.11. The van der Waals surface area contributed by atoms with Gasteiger partial charge in [0.05, 0.1) is 23.8 Å². The number of imide groups is 1. The summed E-state index contributed by atoms with van der Waals surface area (Å²) in [7, 11) is 0. The molecule has 3 amide bonds. The van der Waals surface area contributed by atoms with Crippen LogP contribution < -0.4 is 10.1 Å². The lowest BCUT2D eigenvalue weighted by molar-refractivity contribution is 0.0475. The van der Waals surface area contributed by atoms with Crippen molar-refractivity contribution in [3.8, 4) is 11.6 Å². The van der Waals surface area contributed by atoms with Crippen LogP contribution in [-0.4, -0.2) is 46.9 Å². The highest BCUT2D eigenvalue weighted by atomic mass is 19.1. The van der Waals surface area contributed by atoms with Crippen molar-refractivity contribution >= 4 is 17.7 Å². The van der Waals surface area contributed by atoms with Crippen molar-refractivity contribution in [3.05, 3.63) is 88.9 Å². The molecule has 1 fully saturated rings. The Bertz CT molecular complexity index is 1290. The van der Waals surface area contributed by atoms with Gasteiger partial charge in [0.2, 0.25) is 5.88 Å². The molecule has 1 N–H and O–H groups in total. The second kappa shape index (κ2) is 9.63. The topological polar surface area (TPSA) is 97.8 Å². The van der Waals surface area contributed by atoms with E-state index in [9.17, 15) is 18.8 Å². The zero-order chi connectivity index (χ0) is 24.4. The molecule has 5 rings (SSSR count). The van der Waals surface area contributed by atoms with E-state index in [0.29, 0.717) is 23.8 Å². The number of halogens is 1. The fourth-order valence-corrected chi connectivity index (χ4v) is 4.10. The van der Waals surface area contributed by atoms with Crippen LogP contribution in [0.5, 0.6) is 11.6 Å². The molecule has 1 aromatic heterocycles. The Morgan fingerprint density at radius 1 is 1.11 bits per heavy atom. The summed E-state index contributed by atoms with van der Waals surface area (Å²) in [6.07, 6.45) is 3.13. The molecule has 3 aromatic rings. The van der Waals surface area contributed by atoms with E-state index in [2.05, 4.69) is 10.3 Å². The van der Waals surface area contributed by atoms with Gasteiger partial charge in [0.25, 0.3) is 17.7 Å². The first-order valence-electron chi connectivity index (χ1n) is 11.3. The van der Waals surface area contributed by atoms with Crippen molar-refractivity contribution in [2.75, 3.05) is 13.2 Å². The quantitative estimate of drug-likeness (QED) is 0.523. The molecule has 2 aromatic carbocycles. The summed E-state index contributed by atoms with van der Waals surface area (Å²) >= 11 is 0. The van der Waals surface area contributed by atoms with E-state index < -0.39 is 11.7 Å². The first kappa shape index (κ1) is 22.7. The van der Waals surface area contributed by atoms with Crippen molar-refractivity contribution < 1.29 is 28.2 Å². The average molecular weight is 475 g/mol. The summed E-state index contributed by atoms with van der Waals surface area (Å²) < 4.78 is 24.3. The summed E-state index contributed by atoms with van der Waals surface area (Å²) in [6, 6.07) is 13.6. The van der Waals surface area contributed by atoms with Gasteiger partial charge < -0.3 is 14.8 Å². The van der Waals surface area contributed by atoms with Gasteiger partial charge >= 0.3 is 0 Å². The number of ether oxygens (including phenoxy) is 2. The monoisotopic (exact) mass is 475 g/mol. The van der Waals surface area contributed by atoms with Crippen LogP contribution >= 0.6 is 0 Å². The van der Waals surface area contributed by atoms with Gasteiger partial charge in [0, 0.05) is 37.0 Å². The van der Waals surface area contributed by atoms with Gasteiger partial charge in [-0.25, -0.2) is 9.37 Å². The predicted octanol–water partition coefficient (Wildman–Crippen LogP) is 3.72. The first-order chi connectivity index (χ1) is 17.0. The van der Waals surface area contributed by atoms with E-state index in [1.165, 1.54) is 35.2 Å². The van der Waals surface area contributed by atoms with E-state index >= 15 is 0 Å². The molecule has 35 heavy (non-hydrogen) atoms. The average Bonchev–Trinajstić information content (AvgIpc) is 3.46. The molecule has 1 atom stereocenters. The Morgan fingerprint density at radius 3 is 2.71 bits per heavy atom. The number of nitrogens with zero attached hydrogens (tertiary/aromatic N) is 2. The number of aromatic nitrogens is 1. The summed E-state index contributed by atoms with van der Waals surface area (Å²) in [5.74, 6) is -0.939. The van der Waals surface area contributed by atoms with E-state index in [-0.39, 0.29) is 42.1 Å². The minimum Gasteiger partial charge on any atom is -0.439 e. The highest BCUT2D eigenvalue weighted by Crippen LogP contribution is 2.26. The third kappa shape index (κ3) is 4.90. The van der Waals surface area contributed by atoms with E-state index in [4.69, 9.17) is 9.47 Å². The lowest BCUT2D eigenvalue weighted by atomic mass is 10.1. The number of nitrogens with one attached hydrogen (secondary N) is 1. The Labute approximate surface area is 200 Å². The maximum Gasteiger partial charge on any atom is 0.261 e. The standard InChI is InChI=1S/C26H22FN3O5/c27-18-3-1-4-19(12-18)35-23-9-6-16(13-28-23)14-29-24(31)17-7-8-21-22(11-17)26(33)30(25(21)32)15-20-5-2-10-34-20/h1,3-4,6-9,11-13,20H,2,5,10,14-15H2,(H,29,31). The second-order valence-corrected chi connectivity index (χ2v) is 8.36. The lowest BCUT2D eigenvalue weighted by Gasteiger charge is -2.17. The van der Waals surface area contributed by atoms with E-state index in [1.807, 2.05) is 0 Å². The molecule has 2 aliphatic heterocycles. The summed E-state index contributed by atoms with van der Waals surface area (Å²) in [4.78, 5) is 43.5. The van der Waals surface area contributed by atoms with Gasteiger partial charge in [-0.2, -0.15) is 0 Å². The van der Waals surface area contributed by atoms with Crippen LogP contribution in [0.15, 0.2) is 60.8 Å². The maximum absolute atomic E-state index is 13.3. The Balaban J connectivity index is 1.20. The molecule has 0 spiro atoms. The third-order valence-corrected chi connectivity index (χ3v) is 5.91. The molecule has 0 bridgehead atoms. The second-order valence-electron chi connectivity index (χ2n) is 8.36. The summed E-state index contributed by atoms with van der Waals surface area (Å²) in [6.45, 7) is 1.05. The third-order valence-electron chi connectivity index (χ3n) is 5.91. The van der Waals surface area contributed by atoms with Crippen molar-refractivity contribution in [3.63, 3.8) is 0 Å². The largest absolute Gasteiger partial charge is 0.439 e. The molecule has 9 heteroatoms. The van der Waals surface area contributed by atoms with Crippen LogP contribution in [0.1, 0.15) is 49.5 Å². The molecule has 0 aliphatic carbocycles. The smallest absolute Gasteiger partial charge is 0.261 e. The summed E-state index contributed by atoms with van der Waals surface area (Å²) in [5, 5.41) is 2.78. The van der Waals surface area contributed by atoms with E-state index in [0.717, 1.165) is 18.4 Å². The van der Waals surface area contributed by atoms with Crippen LogP contribution in [0.3, 0.4) is 0 Å². The summed E-state index contributed by atoms with van der Waals surface area (Å²) in [5.41, 5.74) is 1.52. The first-order valence-corrected chi connectivity index (χ1v) is 11.3. The van der Waals surface area contributed by atoms with Crippen molar-refractivity contribution in [2.24, 2.45) is 0 Å². The number of rotatable bonds is 7. The van der Waals surface area contributed by atoms with Crippen LogP contribution in [-0.2, 0) is 11.3 Å². The lowest BCUT2D eigenvalue weighted by Crippen LogP contribution is -2.36. The predicted molar refractivity (Wildman–Crippen MR) is 123 cm³/mol. The number of benzene rings is 2. The molecule has 0 saturated carbocycles. The van der Waals surface area contributed by atoms with Crippen molar-refractivity contribution in [1.82, 2.24) is 15.2 Å². The molecular weight excluding hydrogens is 453 g/mol. The minimum absolute atomic E-state index is 0.140. The van der Waals surface area contributed by atoms with Gasteiger partial charge in [0.15, 0.2) is 0 Å². The number of hydrogen-bond acceptors (Lipinski definition) is 6. The molecular formula is C26H22FN3O5. The number of fused-ring (bicyclic) bond motifs is 1. The number of hydrogen-bond donors (Lipinski definition) is 1. The van der Waals surface area contributed by atoms with Crippen molar-refractivity contribution in [1.29, 1.82) is 0 Å².